The van der Waals surface area contributed by atoms with Crippen molar-refractivity contribution >= 4 is 44.4 Å². The first-order valence-electron chi connectivity index (χ1n) is 21.3. The molecule has 1 aromatic carbocycles. The van der Waals surface area contributed by atoms with Crippen LogP contribution in [0.4, 0.5) is 13.2 Å². The molecule has 5 atom stereocenters. The van der Waals surface area contributed by atoms with Gasteiger partial charge in [0.15, 0.2) is 5.78 Å². The average Bonchev–Trinajstić information content (AvgIpc) is 4.09. The molecule has 2 aliphatic heterocycles. The summed E-state index contributed by atoms with van der Waals surface area (Å²) in [4.78, 5) is 63.1. The van der Waals surface area contributed by atoms with Crippen LogP contribution in [0.3, 0.4) is 0 Å². The largest absolute Gasteiger partial charge is 0.496 e. The molecule has 3 saturated carbocycles. The Morgan fingerprint density at radius 1 is 0.984 bits per heavy atom. The van der Waals surface area contributed by atoms with Gasteiger partial charge in [-0.2, -0.15) is 18.3 Å². The minimum absolute atomic E-state index is 0.00341. The Morgan fingerprint density at radius 2 is 1.77 bits per heavy atom. The third-order valence-corrected chi connectivity index (χ3v) is 14.5. The number of carbonyl (C=O) groups excluding carboxylic acids is 4. The number of rotatable bonds is 11. The van der Waals surface area contributed by atoms with Crippen molar-refractivity contribution < 1.29 is 55.0 Å². The van der Waals surface area contributed by atoms with Crippen LogP contribution in [0, 0.1) is 18.3 Å². The molecule has 334 valence electrons. The number of hydrogen-bond acceptors (Lipinski definition) is 11. The van der Waals surface area contributed by atoms with Crippen molar-refractivity contribution in [1.29, 1.82) is 0 Å². The highest BCUT2D eigenvalue weighted by Crippen LogP contribution is 2.57. The number of ether oxygens (including phenoxy) is 3. The summed E-state index contributed by atoms with van der Waals surface area (Å²) in [6.45, 7) is 0.362. The number of ketones is 1. The highest BCUT2D eigenvalue weighted by Gasteiger charge is 2.61. The third-order valence-electron chi connectivity index (χ3n) is 12.7. The summed E-state index contributed by atoms with van der Waals surface area (Å²) in [6.07, 6.45) is 5.69. The molecule has 3 aliphatic carbocycles. The highest BCUT2D eigenvalue weighted by molar-refractivity contribution is 7.90. The van der Waals surface area contributed by atoms with Gasteiger partial charge in [-0.3, -0.25) is 28.6 Å². The number of methoxy groups -OCH3 is 1. The fourth-order valence-corrected chi connectivity index (χ4v) is 10.1. The fraction of sp³-hybridized carbons (Fsp3) is 0.581. The van der Waals surface area contributed by atoms with Gasteiger partial charge in [0.05, 0.1) is 35.9 Å². The van der Waals surface area contributed by atoms with E-state index in [0.717, 1.165) is 37.1 Å². The minimum Gasteiger partial charge on any atom is -0.496 e. The number of amides is 3. The van der Waals surface area contributed by atoms with Gasteiger partial charge in [-0.15, -0.1) is 0 Å². The molecule has 4 fully saturated rings. The van der Waals surface area contributed by atoms with Crippen LogP contribution in [0.25, 0.3) is 10.9 Å². The van der Waals surface area contributed by atoms with Gasteiger partial charge in [-0.1, -0.05) is 25.0 Å². The van der Waals surface area contributed by atoms with Gasteiger partial charge in [-0.25, -0.2) is 13.4 Å². The standard InChI is InChI=1S/C43H51F3N6O9S/c1-25-35(59-2)16-15-30-36(20-37(48-38(25)30)61-27-10-8-11-27)60-28-19-33-34(53)22-42(41(56)50-62(57,58)29-13-14-29)21-26(42)9-6-4-3-5-7-12-32(40(55)52(33)23-28)47-39(54)31-17-18-51(49-31)24-43(44,45)46/h6,9,15-18,20,26-29,32-33H,3-5,7-8,10-14,19,21-24H2,1-2H3,(H,47,54)(H,50,56)/b9-6-/t26-,28+,32-,33-,42+/m0/s1. The maximum Gasteiger partial charge on any atom is 0.408 e. The summed E-state index contributed by atoms with van der Waals surface area (Å²) in [6, 6.07) is 4.08. The Labute approximate surface area is 357 Å². The van der Waals surface area contributed by atoms with Crippen molar-refractivity contribution in [1.82, 2.24) is 29.7 Å². The third kappa shape index (κ3) is 9.41. The summed E-state index contributed by atoms with van der Waals surface area (Å²) in [5.41, 5.74) is -0.333. The predicted octanol–water partition coefficient (Wildman–Crippen LogP) is 5.48. The first-order valence-corrected chi connectivity index (χ1v) is 22.9. The van der Waals surface area contributed by atoms with Gasteiger partial charge in [-0.05, 0) is 88.8 Å². The van der Waals surface area contributed by atoms with Crippen LogP contribution in [-0.2, 0) is 31.0 Å². The van der Waals surface area contributed by atoms with Crippen molar-refractivity contribution in [3.05, 3.63) is 53.9 Å². The van der Waals surface area contributed by atoms with E-state index < -0.39 is 81.0 Å². The quantitative estimate of drug-likeness (QED) is 0.232. The van der Waals surface area contributed by atoms with E-state index in [9.17, 15) is 40.8 Å². The van der Waals surface area contributed by atoms with Crippen LogP contribution in [0.2, 0.25) is 0 Å². The van der Waals surface area contributed by atoms with Crippen molar-refractivity contribution in [2.24, 2.45) is 11.3 Å². The van der Waals surface area contributed by atoms with Crippen LogP contribution in [0.5, 0.6) is 17.4 Å². The lowest BCUT2D eigenvalue weighted by Crippen LogP contribution is -2.52. The van der Waals surface area contributed by atoms with E-state index in [0.29, 0.717) is 71.5 Å². The molecule has 0 unspecified atom stereocenters. The molecule has 3 aromatic rings. The molecule has 2 N–H and O–H groups in total. The van der Waals surface area contributed by atoms with Crippen LogP contribution < -0.4 is 24.2 Å². The van der Waals surface area contributed by atoms with E-state index in [-0.39, 0.29) is 44.0 Å². The number of sulfonamides is 1. The molecule has 3 amide bonds. The maximum atomic E-state index is 14.8. The first kappa shape index (κ1) is 43.4. The average molecular weight is 885 g/mol. The monoisotopic (exact) mass is 884 g/mol. The first-order chi connectivity index (χ1) is 29.5. The molecule has 5 aliphatic rings. The lowest BCUT2D eigenvalue weighted by Gasteiger charge is -2.29. The normalized spacial score (nSPS) is 26.6. The number of aromatic nitrogens is 3. The Hall–Kier alpha value is -5.20. The number of Topliss-reactive ketones (excluding diaryl/α,β-unsaturated/α-hetero) is 1. The number of fused-ring (bicyclic) bond motifs is 3. The second-order valence-electron chi connectivity index (χ2n) is 17.3. The summed E-state index contributed by atoms with van der Waals surface area (Å²) in [5.74, 6) is -1.74. The smallest absolute Gasteiger partial charge is 0.408 e. The molecule has 19 heteroatoms. The summed E-state index contributed by atoms with van der Waals surface area (Å²) < 4.78 is 86.5. The van der Waals surface area contributed by atoms with Gasteiger partial charge in [0.2, 0.25) is 27.7 Å². The van der Waals surface area contributed by atoms with Crippen LogP contribution in [0.15, 0.2) is 42.6 Å². The number of hydrogen-bond donors (Lipinski definition) is 2. The molecule has 1 saturated heterocycles. The van der Waals surface area contributed by atoms with E-state index in [1.165, 1.54) is 4.90 Å². The lowest BCUT2D eigenvalue weighted by molar-refractivity contribution is -0.142. The number of nitrogens with zero attached hydrogens (tertiary/aromatic N) is 4. The Morgan fingerprint density at radius 3 is 2.48 bits per heavy atom. The molecule has 0 radical (unpaired) electrons. The summed E-state index contributed by atoms with van der Waals surface area (Å²) in [5, 5.41) is 6.46. The van der Waals surface area contributed by atoms with Crippen molar-refractivity contribution in [2.75, 3.05) is 13.7 Å². The molecule has 0 bridgehead atoms. The molecular formula is C43H51F3N6O9S. The number of carbonyl (C=O) groups is 4. The Balaban J connectivity index is 1.11. The minimum atomic E-state index is -4.57. The maximum absolute atomic E-state index is 14.8. The zero-order valence-corrected chi connectivity index (χ0v) is 35.4. The van der Waals surface area contributed by atoms with Gasteiger partial charge < -0.3 is 24.4 Å². The molecule has 0 spiro atoms. The number of allylic oxidation sites excluding steroid dienone is 2. The summed E-state index contributed by atoms with van der Waals surface area (Å²) >= 11 is 0. The van der Waals surface area contributed by atoms with E-state index in [1.807, 2.05) is 25.1 Å². The number of pyridine rings is 1. The fourth-order valence-electron chi connectivity index (χ4n) is 8.75. The van der Waals surface area contributed by atoms with Crippen LogP contribution >= 0.6 is 0 Å². The predicted molar refractivity (Wildman–Crippen MR) is 218 cm³/mol. The molecule has 4 heterocycles. The second-order valence-corrected chi connectivity index (χ2v) is 19.3. The number of alkyl halides is 3. The molecular weight excluding hydrogens is 834 g/mol. The summed E-state index contributed by atoms with van der Waals surface area (Å²) in [7, 11) is -2.37. The number of aryl methyl sites for hydroxylation is 1. The van der Waals surface area contributed by atoms with E-state index in [1.54, 1.807) is 19.2 Å². The van der Waals surface area contributed by atoms with Gasteiger partial charge >= 0.3 is 6.18 Å². The number of nitrogens with one attached hydrogen (secondary N) is 2. The van der Waals surface area contributed by atoms with E-state index in [2.05, 4.69) is 15.1 Å². The molecule has 2 aromatic heterocycles. The van der Waals surface area contributed by atoms with Crippen LogP contribution in [-0.4, -0.2) is 101 Å². The van der Waals surface area contributed by atoms with Crippen LogP contribution in [0.1, 0.15) is 99.5 Å². The zero-order chi connectivity index (χ0) is 44.0. The lowest BCUT2D eigenvalue weighted by atomic mass is 9.91. The van der Waals surface area contributed by atoms with Crippen molar-refractivity contribution in [3.8, 4) is 17.4 Å². The van der Waals surface area contributed by atoms with Crippen molar-refractivity contribution in [3.63, 3.8) is 0 Å². The van der Waals surface area contributed by atoms with Gasteiger partial charge in [0, 0.05) is 36.1 Å². The SMILES string of the molecule is COc1ccc2c(O[C@@H]3C[C@H]4C(=O)C[C@]5(C(=O)NS(=O)(=O)C6CC6)C[C@@H]5/C=C\CCCCC[C@H](NC(=O)c5ccn(CC(F)(F)F)n5)C(=O)N4C3)cc(OC3CCC3)nc2c1C. The van der Waals surface area contributed by atoms with Crippen molar-refractivity contribution in [2.45, 2.75) is 133 Å². The van der Waals surface area contributed by atoms with Gasteiger partial charge in [0.25, 0.3) is 5.91 Å². The van der Waals surface area contributed by atoms with E-state index >= 15 is 0 Å². The molecule has 62 heavy (non-hydrogen) atoms. The highest BCUT2D eigenvalue weighted by atomic mass is 32.2. The van der Waals surface area contributed by atoms with Gasteiger partial charge in [0.1, 0.15) is 42.0 Å². The van der Waals surface area contributed by atoms with E-state index in [4.69, 9.17) is 19.2 Å². The molecule has 15 nitrogen and oxygen atoms in total. The number of halogens is 3. The number of benzene rings is 1. The topological polar surface area (TPSA) is 188 Å². The zero-order valence-electron chi connectivity index (χ0n) is 34.6. The molecule has 8 rings (SSSR count). The Bertz CT molecular complexity index is 2380. The Kier molecular flexibility index (Phi) is 12.0. The second kappa shape index (κ2) is 17.2.